The van der Waals surface area contributed by atoms with Crippen LogP contribution in [-0.4, -0.2) is 9.97 Å². The molecule has 1 unspecified atom stereocenters. The molecule has 0 amide bonds. The second kappa shape index (κ2) is 5.52. The number of thiazole rings is 2. The average Bonchev–Trinajstić information content (AvgIpc) is 2.91. The molecule has 2 rings (SSSR count). The number of aryl methyl sites for hydroxylation is 1. The molecule has 0 aliphatic heterocycles. The number of nitrogens with zero attached hydrogens (tertiary/aromatic N) is 2. The Kier molecular flexibility index (Phi) is 4.04. The van der Waals surface area contributed by atoms with Gasteiger partial charge in [-0.25, -0.2) is 9.97 Å². The van der Waals surface area contributed by atoms with Gasteiger partial charge in [0.2, 0.25) is 0 Å². The largest absolute Gasteiger partial charge is 0.301 e. The molecule has 1 atom stereocenters. The molecule has 0 saturated heterocycles. The number of hydrogen-bond donors (Lipinski definition) is 1. The highest BCUT2D eigenvalue weighted by atomic mass is 32.1. The first-order valence-corrected chi connectivity index (χ1v) is 7.09. The Morgan fingerprint density at radius 1 is 1.44 bits per heavy atom. The molecule has 0 saturated carbocycles. The van der Waals surface area contributed by atoms with E-state index in [4.69, 9.17) is 0 Å². The molecule has 86 valence electrons. The van der Waals surface area contributed by atoms with Crippen LogP contribution in [0.25, 0.3) is 0 Å². The van der Waals surface area contributed by atoms with Crippen molar-refractivity contribution in [3.05, 3.63) is 32.7 Å². The van der Waals surface area contributed by atoms with Gasteiger partial charge in [0.25, 0.3) is 0 Å². The van der Waals surface area contributed by atoms with Gasteiger partial charge in [0.15, 0.2) is 0 Å². The summed E-state index contributed by atoms with van der Waals surface area (Å²) in [5, 5.41) is 9.91. The van der Waals surface area contributed by atoms with Crippen LogP contribution in [0, 0.1) is 6.92 Å². The molecular weight excluding hydrogens is 238 g/mol. The highest BCUT2D eigenvalue weighted by Gasteiger charge is 2.11. The molecule has 2 aromatic rings. The molecular formula is C11H15N3S2. The first kappa shape index (κ1) is 11.7. The molecule has 0 aliphatic carbocycles. The van der Waals surface area contributed by atoms with E-state index in [2.05, 4.69) is 27.6 Å². The second-order valence-electron chi connectivity index (χ2n) is 3.59. The second-order valence-corrected chi connectivity index (χ2v) is 5.46. The summed E-state index contributed by atoms with van der Waals surface area (Å²) in [6.07, 6.45) is 2.91. The van der Waals surface area contributed by atoms with Gasteiger partial charge in [0.05, 0.1) is 6.04 Å². The topological polar surface area (TPSA) is 37.8 Å². The minimum absolute atomic E-state index is 0.351. The molecule has 2 heterocycles. The quantitative estimate of drug-likeness (QED) is 0.889. The fourth-order valence-corrected chi connectivity index (χ4v) is 3.03. The Bertz CT molecular complexity index is 422. The maximum Gasteiger partial charge on any atom is 0.109 e. The lowest BCUT2D eigenvalue weighted by molar-refractivity contribution is 0.515. The smallest absolute Gasteiger partial charge is 0.109 e. The van der Waals surface area contributed by atoms with E-state index in [9.17, 15) is 0 Å². The number of hydrogen-bond acceptors (Lipinski definition) is 5. The van der Waals surface area contributed by atoms with Crippen molar-refractivity contribution in [3.63, 3.8) is 0 Å². The van der Waals surface area contributed by atoms with Gasteiger partial charge in [-0.1, -0.05) is 6.92 Å². The Morgan fingerprint density at radius 3 is 2.88 bits per heavy atom. The molecule has 0 aliphatic rings. The first-order valence-electron chi connectivity index (χ1n) is 5.33. The van der Waals surface area contributed by atoms with Crippen LogP contribution < -0.4 is 5.32 Å². The van der Waals surface area contributed by atoms with Crippen LogP contribution in [0.15, 0.2) is 17.0 Å². The van der Waals surface area contributed by atoms with Crippen LogP contribution in [0.2, 0.25) is 0 Å². The SMILES string of the molecule is CCC(NCc1nc(C)cs1)c1nccs1. The lowest BCUT2D eigenvalue weighted by Crippen LogP contribution is -2.20. The van der Waals surface area contributed by atoms with Crippen LogP contribution in [0.4, 0.5) is 0 Å². The van der Waals surface area contributed by atoms with Crippen LogP contribution in [0.5, 0.6) is 0 Å². The lowest BCUT2D eigenvalue weighted by Gasteiger charge is -2.12. The van der Waals surface area contributed by atoms with Gasteiger partial charge in [0.1, 0.15) is 10.0 Å². The third-order valence-electron chi connectivity index (χ3n) is 2.32. The van der Waals surface area contributed by atoms with Crippen molar-refractivity contribution in [1.29, 1.82) is 0 Å². The van der Waals surface area contributed by atoms with Gasteiger partial charge in [-0.2, -0.15) is 0 Å². The van der Waals surface area contributed by atoms with Crippen LogP contribution in [0.3, 0.4) is 0 Å². The van der Waals surface area contributed by atoms with Crippen molar-refractivity contribution in [2.75, 3.05) is 0 Å². The van der Waals surface area contributed by atoms with E-state index >= 15 is 0 Å². The van der Waals surface area contributed by atoms with Gasteiger partial charge in [-0.15, -0.1) is 22.7 Å². The highest BCUT2D eigenvalue weighted by molar-refractivity contribution is 7.09. The molecule has 2 aromatic heterocycles. The summed E-state index contributed by atoms with van der Waals surface area (Å²) >= 11 is 3.41. The fourth-order valence-electron chi connectivity index (χ4n) is 1.51. The maximum atomic E-state index is 4.44. The zero-order valence-corrected chi connectivity index (χ0v) is 11.1. The first-order chi connectivity index (χ1) is 7.79. The highest BCUT2D eigenvalue weighted by Crippen LogP contribution is 2.19. The van der Waals surface area contributed by atoms with Gasteiger partial charge >= 0.3 is 0 Å². The third-order valence-corrected chi connectivity index (χ3v) is 4.18. The van der Waals surface area contributed by atoms with Gasteiger partial charge in [0, 0.05) is 29.2 Å². The normalized spacial score (nSPS) is 12.9. The lowest BCUT2D eigenvalue weighted by atomic mass is 10.2. The molecule has 0 radical (unpaired) electrons. The van der Waals surface area contributed by atoms with Crippen molar-refractivity contribution in [3.8, 4) is 0 Å². The summed E-state index contributed by atoms with van der Waals surface area (Å²) in [5.41, 5.74) is 1.10. The van der Waals surface area contributed by atoms with E-state index in [-0.39, 0.29) is 0 Å². The molecule has 0 aromatic carbocycles. The monoisotopic (exact) mass is 253 g/mol. The van der Waals surface area contributed by atoms with Crippen molar-refractivity contribution in [2.24, 2.45) is 0 Å². The molecule has 16 heavy (non-hydrogen) atoms. The number of nitrogens with one attached hydrogen (secondary N) is 1. The summed E-state index contributed by atoms with van der Waals surface area (Å²) in [4.78, 5) is 8.78. The minimum Gasteiger partial charge on any atom is -0.301 e. The van der Waals surface area contributed by atoms with Crippen molar-refractivity contribution in [2.45, 2.75) is 32.9 Å². The summed E-state index contributed by atoms with van der Waals surface area (Å²) in [5.74, 6) is 0. The summed E-state index contributed by atoms with van der Waals surface area (Å²) < 4.78 is 0. The molecule has 1 N–H and O–H groups in total. The molecule has 3 nitrogen and oxygen atoms in total. The number of aromatic nitrogens is 2. The van der Waals surface area contributed by atoms with Gasteiger partial charge < -0.3 is 5.32 Å². The fraction of sp³-hybridized carbons (Fsp3) is 0.455. The minimum atomic E-state index is 0.351. The van der Waals surface area contributed by atoms with Gasteiger partial charge in [-0.05, 0) is 13.3 Å². The zero-order chi connectivity index (χ0) is 11.4. The summed E-state index contributed by atoms with van der Waals surface area (Å²) in [6.45, 7) is 5.03. The zero-order valence-electron chi connectivity index (χ0n) is 9.43. The van der Waals surface area contributed by atoms with Crippen molar-refractivity contribution >= 4 is 22.7 Å². The molecule has 0 spiro atoms. The Morgan fingerprint density at radius 2 is 2.31 bits per heavy atom. The van der Waals surface area contributed by atoms with E-state index in [1.165, 1.54) is 0 Å². The van der Waals surface area contributed by atoms with E-state index in [1.807, 2.05) is 18.5 Å². The summed E-state index contributed by atoms with van der Waals surface area (Å²) in [7, 11) is 0. The maximum absolute atomic E-state index is 4.44. The third kappa shape index (κ3) is 2.87. The predicted octanol–water partition coefficient (Wildman–Crippen LogP) is 3.15. The van der Waals surface area contributed by atoms with Crippen molar-refractivity contribution in [1.82, 2.24) is 15.3 Å². The summed E-state index contributed by atoms with van der Waals surface area (Å²) in [6, 6.07) is 0.351. The van der Waals surface area contributed by atoms with E-state index < -0.39 is 0 Å². The van der Waals surface area contributed by atoms with Crippen molar-refractivity contribution < 1.29 is 0 Å². The van der Waals surface area contributed by atoms with Crippen LogP contribution in [-0.2, 0) is 6.54 Å². The van der Waals surface area contributed by atoms with E-state index in [0.717, 1.165) is 28.7 Å². The van der Waals surface area contributed by atoms with E-state index in [0.29, 0.717) is 6.04 Å². The standard InChI is InChI=1S/C11H15N3S2/c1-3-9(11-12-4-5-15-11)13-6-10-14-8(2)7-16-10/h4-5,7,9,13H,3,6H2,1-2H3. The number of rotatable bonds is 5. The predicted molar refractivity (Wildman–Crippen MR) is 68.8 cm³/mol. The Hall–Kier alpha value is -0.780. The van der Waals surface area contributed by atoms with E-state index in [1.54, 1.807) is 22.7 Å². The molecule has 0 fully saturated rings. The van der Waals surface area contributed by atoms with Crippen LogP contribution in [0.1, 0.15) is 35.1 Å². The van der Waals surface area contributed by atoms with Crippen LogP contribution >= 0.6 is 22.7 Å². The Labute approximate surface area is 104 Å². The van der Waals surface area contributed by atoms with Gasteiger partial charge in [-0.3, -0.25) is 0 Å². The molecule has 5 heteroatoms. The molecule has 0 bridgehead atoms. The average molecular weight is 253 g/mol. The Balaban J connectivity index is 1.93.